The topological polar surface area (TPSA) is 90.0 Å². The number of rotatable bonds is 14. The molecule has 6 rings (SSSR count). The first-order valence-electron chi connectivity index (χ1n) is 20.9. The maximum absolute atomic E-state index is 13.9. The summed E-state index contributed by atoms with van der Waals surface area (Å²) < 4.78 is 27.9. The van der Waals surface area contributed by atoms with Crippen LogP contribution < -0.4 is 23.7 Å². The average molecular weight is 843 g/mol. The largest absolute Gasteiger partial charge is 0.493 e. The Morgan fingerprint density at radius 1 is 0.567 bits per heavy atom. The van der Waals surface area contributed by atoms with Gasteiger partial charge in [-0.2, -0.15) is 0 Å². The first kappa shape index (κ1) is 46.1. The van der Waals surface area contributed by atoms with Gasteiger partial charge in [-0.3, -0.25) is 9.59 Å². The van der Waals surface area contributed by atoms with E-state index in [9.17, 15) is 9.59 Å². The van der Waals surface area contributed by atoms with Crippen molar-refractivity contribution in [1.29, 1.82) is 0 Å². The number of hydrogen-bond donors (Lipinski definition) is 0. The number of carbonyl (C=O) groups is 2. The molecule has 0 bridgehead atoms. The maximum Gasteiger partial charge on any atom is 0.253 e. The van der Waals surface area contributed by atoms with Gasteiger partial charge < -0.3 is 38.4 Å². The Morgan fingerprint density at radius 2 is 0.950 bits per heavy atom. The fourth-order valence-corrected chi connectivity index (χ4v) is 9.08. The van der Waals surface area contributed by atoms with Gasteiger partial charge in [-0.05, 0) is 173 Å². The minimum Gasteiger partial charge on any atom is -0.493 e. The number of benzene rings is 4. The molecule has 324 valence electrons. The zero-order valence-electron chi connectivity index (χ0n) is 37.2. The van der Waals surface area contributed by atoms with E-state index in [1.165, 1.54) is 0 Å². The van der Waals surface area contributed by atoms with Gasteiger partial charge in [0.2, 0.25) is 5.75 Å². The summed E-state index contributed by atoms with van der Waals surface area (Å²) in [6, 6.07) is 20.4. The Morgan fingerprint density at radius 3 is 1.32 bits per heavy atom. The second-order valence-electron chi connectivity index (χ2n) is 16.6. The van der Waals surface area contributed by atoms with Gasteiger partial charge in [0, 0.05) is 43.3 Å². The normalized spacial score (nSPS) is 15.3. The van der Waals surface area contributed by atoms with Crippen LogP contribution in [0.25, 0.3) is 22.3 Å². The summed E-state index contributed by atoms with van der Waals surface area (Å²) in [6.45, 7) is 9.17. The monoisotopic (exact) mass is 841 g/mol. The minimum atomic E-state index is 0. The summed E-state index contributed by atoms with van der Waals surface area (Å²) in [5.74, 6) is 4.39. The molecule has 4 aromatic rings. The summed E-state index contributed by atoms with van der Waals surface area (Å²) in [5.41, 5.74) is 8.44. The SMILES string of the molecule is COc1cc(-c2cc(C(=O)N3CCC(CC(CC4CCN(C(=O)c5ccc(C)c(-c6cc(OC)c(OC)c(OC)c6)c5)CC4)N(C)C)CC3)ccc2C)cc(C)c1OC.Cl. The number of aryl methyl sites for hydroxylation is 3. The molecule has 0 N–H and O–H groups in total. The molecule has 2 aliphatic rings. The third-order valence-corrected chi connectivity index (χ3v) is 12.7. The highest BCUT2D eigenvalue weighted by Gasteiger charge is 2.31. The summed E-state index contributed by atoms with van der Waals surface area (Å²) in [7, 11) is 12.5. The van der Waals surface area contributed by atoms with E-state index in [0.717, 1.165) is 109 Å². The smallest absolute Gasteiger partial charge is 0.253 e. The van der Waals surface area contributed by atoms with Crippen LogP contribution in [-0.2, 0) is 0 Å². The lowest BCUT2D eigenvalue weighted by molar-refractivity contribution is 0.0644. The molecule has 0 aliphatic carbocycles. The number of hydrogen-bond acceptors (Lipinski definition) is 8. The van der Waals surface area contributed by atoms with Crippen LogP contribution in [0.1, 0.15) is 75.9 Å². The number of piperidine rings is 2. The lowest BCUT2D eigenvalue weighted by Crippen LogP contribution is -2.42. The van der Waals surface area contributed by atoms with Crippen molar-refractivity contribution in [3.63, 3.8) is 0 Å². The molecule has 1 unspecified atom stereocenters. The van der Waals surface area contributed by atoms with E-state index in [-0.39, 0.29) is 24.2 Å². The molecule has 0 aromatic heterocycles. The molecule has 60 heavy (non-hydrogen) atoms. The molecular formula is C49H64ClN3O7. The number of methoxy groups -OCH3 is 5. The fraction of sp³-hybridized carbons (Fsp3) is 0.469. The van der Waals surface area contributed by atoms with Gasteiger partial charge in [0.15, 0.2) is 23.0 Å². The van der Waals surface area contributed by atoms with Crippen LogP contribution in [0.2, 0.25) is 0 Å². The van der Waals surface area contributed by atoms with Crippen molar-refractivity contribution in [3.05, 3.63) is 88.5 Å². The van der Waals surface area contributed by atoms with Crippen molar-refractivity contribution in [3.8, 4) is 51.0 Å². The molecule has 11 heteroatoms. The number of amides is 2. The molecule has 2 saturated heterocycles. The number of nitrogens with zero attached hydrogens (tertiary/aromatic N) is 3. The standard InChI is InChI=1S/C49H63N3O7.ClH/c1-31-11-13-36(26-41(31)38-23-33(3)46(58-9)43(28-38)55-6)48(53)51-19-15-34(16-20-51)24-40(50(4)5)25-35-17-21-52(22-18-35)49(54)37-14-12-32(2)42(27-37)39-29-44(56-7)47(59-10)45(30-39)57-8;/h11-14,23,26-30,34-35,40H,15-22,24-25H2,1-10H3;1H. The van der Waals surface area contributed by atoms with E-state index in [4.69, 9.17) is 23.7 Å². The van der Waals surface area contributed by atoms with Gasteiger partial charge in [-0.25, -0.2) is 0 Å². The van der Waals surface area contributed by atoms with Crippen LogP contribution in [0, 0.1) is 32.6 Å². The highest BCUT2D eigenvalue weighted by atomic mass is 35.5. The molecule has 10 nitrogen and oxygen atoms in total. The third-order valence-electron chi connectivity index (χ3n) is 12.7. The van der Waals surface area contributed by atoms with Crippen LogP contribution in [0.15, 0.2) is 60.7 Å². The Labute approximate surface area is 363 Å². The molecular weight excluding hydrogens is 778 g/mol. The highest BCUT2D eigenvalue weighted by Crippen LogP contribution is 2.42. The van der Waals surface area contributed by atoms with E-state index in [0.29, 0.717) is 52.0 Å². The molecule has 2 fully saturated rings. The van der Waals surface area contributed by atoms with Crippen molar-refractivity contribution < 1.29 is 33.3 Å². The van der Waals surface area contributed by atoms with Crippen LogP contribution in [0.5, 0.6) is 28.7 Å². The predicted octanol–water partition coefficient (Wildman–Crippen LogP) is 9.53. The van der Waals surface area contributed by atoms with Crippen molar-refractivity contribution in [2.75, 3.05) is 75.8 Å². The van der Waals surface area contributed by atoms with Crippen LogP contribution >= 0.6 is 12.4 Å². The van der Waals surface area contributed by atoms with Gasteiger partial charge in [0.1, 0.15) is 0 Å². The van der Waals surface area contributed by atoms with E-state index in [1.54, 1.807) is 35.5 Å². The quantitative estimate of drug-likeness (QED) is 0.124. The summed E-state index contributed by atoms with van der Waals surface area (Å²) in [5, 5.41) is 0. The van der Waals surface area contributed by atoms with Crippen molar-refractivity contribution in [2.45, 2.75) is 65.3 Å². The van der Waals surface area contributed by atoms with Gasteiger partial charge >= 0.3 is 0 Å². The van der Waals surface area contributed by atoms with Gasteiger partial charge in [0.05, 0.1) is 35.5 Å². The first-order valence-corrected chi connectivity index (χ1v) is 20.9. The summed E-state index contributed by atoms with van der Waals surface area (Å²) in [4.78, 5) is 34.2. The maximum atomic E-state index is 13.9. The van der Waals surface area contributed by atoms with E-state index in [1.807, 2.05) is 78.2 Å². The van der Waals surface area contributed by atoms with Crippen molar-refractivity contribution in [2.24, 2.45) is 11.8 Å². The lowest BCUT2D eigenvalue weighted by atomic mass is 9.83. The van der Waals surface area contributed by atoms with Crippen molar-refractivity contribution >= 4 is 24.2 Å². The molecule has 2 heterocycles. The summed E-state index contributed by atoms with van der Waals surface area (Å²) in [6.07, 6.45) is 6.24. The first-order chi connectivity index (χ1) is 28.4. The second kappa shape index (κ2) is 20.6. The fourth-order valence-electron chi connectivity index (χ4n) is 9.08. The lowest BCUT2D eigenvalue weighted by Gasteiger charge is -2.38. The molecule has 4 aromatic carbocycles. The Bertz CT molecular complexity index is 2100. The molecule has 1 atom stereocenters. The van der Waals surface area contributed by atoms with Crippen LogP contribution in [0.4, 0.5) is 0 Å². The molecule has 0 spiro atoms. The molecule has 2 aliphatic heterocycles. The Hall–Kier alpha value is -4.93. The Balaban J connectivity index is 0.00000683. The number of ether oxygens (including phenoxy) is 5. The number of carbonyl (C=O) groups excluding carboxylic acids is 2. The molecule has 0 radical (unpaired) electrons. The third kappa shape index (κ3) is 10.1. The zero-order chi connectivity index (χ0) is 42.4. The van der Waals surface area contributed by atoms with Gasteiger partial charge in [-0.1, -0.05) is 12.1 Å². The van der Waals surface area contributed by atoms with E-state index < -0.39 is 0 Å². The highest BCUT2D eigenvalue weighted by molar-refractivity contribution is 5.97. The van der Waals surface area contributed by atoms with Crippen LogP contribution in [0.3, 0.4) is 0 Å². The molecule has 2 amide bonds. The second-order valence-corrected chi connectivity index (χ2v) is 16.6. The van der Waals surface area contributed by atoms with E-state index >= 15 is 0 Å². The predicted molar refractivity (Wildman–Crippen MR) is 242 cm³/mol. The number of halogens is 1. The number of likely N-dealkylation sites (tertiary alicyclic amines) is 2. The minimum absolute atomic E-state index is 0. The van der Waals surface area contributed by atoms with Crippen molar-refractivity contribution in [1.82, 2.24) is 14.7 Å². The molecule has 0 saturated carbocycles. The summed E-state index contributed by atoms with van der Waals surface area (Å²) >= 11 is 0. The Kier molecular flexibility index (Phi) is 15.8. The average Bonchev–Trinajstić information content (AvgIpc) is 3.25. The zero-order valence-corrected chi connectivity index (χ0v) is 38.0. The van der Waals surface area contributed by atoms with Gasteiger partial charge in [0.25, 0.3) is 11.8 Å². The van der Waals surface area contributed by atoms with E-state index in [2.05, 4.69) is 32.0 Å². The van der Waals surface area contributed by atoms with Crippen LogP contribution in [-0.4, -0.2) is 108 Å². The van der Waals surface area contributed by atoms with Gasteiger partial charge in [-0.15, -0.1) is 12.4 Å².